The van der Waals surface area contributed by atoms with Crippen LogP contribution in [0.25, 0.3) is 0 Å². The Balaban J connectivity index is 2.90. The molecule has 0 N–H and O–H groups in total. The molecule has 0 spiro atoms. The predicted molar refractivity (Wildman–Crippen MR) is 48.1 cm³/mol. The zero-order valence-corrected chi connectivity index (χ0v) is 10.9. The number of hydrogen-bond donors (Lipinski definition) is 0. The van der Waals surface area contributed by atoms with Gasteiger partial charge in [-0.15, -0.1) is 0 Å². The Bertz CT molecular complexity index is 182. The van der Waals surface area contributed by atoms with E-state index in [0.29, 0.717) is 0 Å². The Morgan fingerprint density at radius 2 is 2.00 bits per heavy atom. The molecule has 1 rings (SSSR count). The number of halogens is 3. The van der Waals surface area contributed by atoms with Gasteiger partial charge in [-0.05, 0) is 0 Å². The summed E-state index contributed by atoms with van der Waals surface area (Å²) < 4.78 is -0.126. The summed E-state index contributed by atoms with van der Waals surface area (Å²) in [6.07, 6.45) is 3.98. The molecule has 0 fully saturated rings. The Hall–Kier alpha value is 1.66. The van der Waals surface area contributed by atoms with E-state index in [1.165, 1.54) is 0 Å². The maximum absolute atomic E-state index is 5.94. The van der Waals surface area contributed by atoms with Gasteiger partial charge in [-0.1, -0.05) is 0 Å². The third-order valence-electron chi connectivity index (χ3n) is 1.42. The van der Waals surface area contributed by atoms with Gasteiger partial charge in [0, 0.05) is 0 Å². The standard InChI is InChI=1S/C5H6P.3ClH.Zr/c1-5-3-2-4-6-5;;;;/h2-4H,1H3;3*1H;/q;;;;+3/p-3. The molecule has 0 bridgehead atoms. The van der Waals surface area contributed by atoms with Crippen LogP contribution in [0.4, 0.5) is 0 Å². The molecule has 0 nitrogen and oxygen atoms in total. The number of rotatable bonds is 1. The summed E-state index contributed by atoms with van der Waals surface area (Å²) in [7, 11) is 19.0. The normalized spacial score (nSPS) is 33.2. The molecule has 0 aromatic carbocycles. The Morgan fingerprint density at radius 1 is 1.40 bits per heavy atom. The van der Waals surface area contributed by atoms with E-state index in [9.17, 15) is 0 Å². The fourth-order valence-electron chi connectivity index (χ4n) is 0.639. The molecule has 1 unspecified atom stereocenters. The fraction of sp³-hybridized carbons (Fsp3) is 0.400. The van der Waals surface area contributed by atoms with Gasteiger partial charge in [-0.25, -0.2) is 0 Å². The predicted octanol–water partition coefficient (Wildman–Crippen LogP) is 3.64. The van der Waals surface area contributed by atoms with Crippen LogP contribution in [-0.2, 0) is 16.7 Å². The van der Waals surface area contributed by atoms with Crippen LogP contribution < -0.4 is 0 Å². The minimum atomic E-state index is -3.26. The van der Waals surface area contributed by atoms with Crippen LogP contribution in [-0.4, -0.2) is 8.66 Å². The van der Waals surface area contributed by atoms with E-state index < -0.39 is 16.7 Å². The molecule has 1 atom stereocenters. The first kappa shape index (κ1) is 9.75. The molecule has 0 saturated heterocycles. The van der Waals surface area contributed by atoms with Gasteiger partial charge in [0.15, 0.2) is 0 Å². The average molecular weight is 295 g/mol. The molecule has 1 aliphatic heterocycles. The van der Waals surface area contributed by atoms with Crippen molar-refractivity contribution < 1.29 is 16.7 Å². The zero-order chi connectivity index (χ0) is 7.83. The summed E-state index contributed by atoms with van der Waals surface area (Å²) in [5, 5.41) is 0. The van der Waals surface area contributed by atoms with Crippen LogP contribution in [0.1, 0.15) is 6.92 Å². The van der Waals surface area contributed by atoms with Crippen molar-refractivity contribution in [3.8, 4) is 0 Å². The van der Waals surface area contributed by atoms with Crippen molar-refractivity contribution in [1.29, 1.82) is 0 Å². The number of hydrogen-bond acceptors (Lipinski definition) is 0. The van der Waals surface area contributed by atoms with E-state index in [0.717, 1.165) is 8.20 Å². The fourth-order valence-corrected chi connectivity index (χ4v) is 7.49. The quantitative estimate of drug-likeness (QED) is 0.648. The Morgan fingerprint density at radius 3 is 2.20 bits per heavy atom. The summed E-state index contributed by atoms with van der Waals surface area (Å²) in [6, 6.07) is 0. The second-order valence-electron chi connectivity index (χ2n) is 2.28. The van der Waals surface area contributed by atoms with E-state index in [-0.39, 0.29) is 2.86 Å². The minimum absolute atomic E-state index is 0.126. The summed E-state index contributed by atoms with van der Waals surface area (Å²) in [6.45, 7) is 2.01. The van der Waals surface area contributed by atoms with Gasteiger partial charge in [0.1, 0.15) is 0 Å². The van der Waals surface area contributed by atoms with Gasteiger partial charge in [0.2, 0.25) is 0 Å². The first-order chi connectivity index (χ1) is 4.46. The van der Waals surface area contributed by atoms with Gasteiger partial charge in [-0.2, -0.15) is 0 Å². The van der Waals surface area contributed by atoms with E-state index in [1.54, 1.807) is 0 Å². The van der Waals surface area contributed by atoms with E-state index in [2.05, 4.69) is 0 Å². The molecular formula is C5H6Cl3PZr. The summed E-state index contributed by atoms with van der Waals surface area (Å²) in [5.41, 5.74) is 0. The molecule has 0 aromatic heterocycles. The molecule has 5 heteroatoms. The molecule has 0 amide bonds. The molecule has 0 saturated carbocycles. The Kier molecular flexibility index (Phi) is 3.11. The Labute approximate surface area is 77.4 Å². The van der Waals surface area contributed by atoms with Crippen molar-refractivity contribution >= 4 is 39.5 Å². The van der Waals surface area contributed by atoms with Gasteiger partial charge >= 0.3 is 78.2 Å². The van der Waals surface area contributed by atoms with Crippen LogP contribution in [0.15, 0.2) is 12.2 Å². The zero-order valence-electron chi connectivity index (χ0n) is 5.31. The van der Waals surface area contributed by atoms with Gasteiger partial charge in [-0.3, -0.25) is 0 Å². The molecule has 1 heterocycles. The molecular weight excluding hydrogens is 289 g/mol. The van der Waals surface area contributed by atoms with Crippen molar-refractivity contribution in [1.82, 2.24) is 0 Å². The van der Waals surface area contributed by atoms with Crippen molar-refractivity contribution in [2.24, 2.45) is 0 Å². The van der Waals surface area contributed by atoms with Crippen LogP contribution in [0.3, 0.4) is 0 Å². The summed E-state index contributed by atoms with van der Waals surface area (Å²) in [5.74, 6) is 2.03. The maximum atomic E-state index is 5.94. The van der Waals surface area contributed by atoms with Gasteiger partial charge in [0.05, 0.1) is 0 Å². The van der Waals surface area contributed by atoms with Crippen LogP contribution in [0.2, 0.25) is 0 Å². The first-order valence-corrected chi connectivity index (χ1v) is 14.4. The average Bonchev–Trinajstić information content (AvgIpc) is 2.13. The molecule has 0 aliphatic carbocycles. The molecule has 10 heavy (non-hydrogen) atoms. The molecule has 56 valence electrons. The van der Waals surface area contributed by atoms with E-state index in [4.69, 9.17) is 25.5 Å². The van der Waals surface area contributed by atoms with Crippen molar-refractivity contribution in [2.45, 2.75) is 9.79 Å². The van der Waals surface area contributed by atoms with Gasteiger partial charge < -0.3 is 0 Å². The topological polar surface area (TPSA) is 0 Å². The third kappa shape index (κ3) is 1.88. The van der Waals surface area contributed by atoms with E-state index in [1.807, 2.05) is 24.9 Å². The van der Waals surface area contributed by atoms with Crippen LogP contribution in [0.5, 0.6) is 0 Å². The summed E-state index contributed by atoms with van der Waals surface area (Å²) in [4.78, 5) is 0. The van der Waals surface area contributed by atoms with Crippen molar-refractivity contribution in [2.75, 3.05) is 0 Å². The second-order valence-corrected chi connectivity index (χ2v) is 23.3. The molecule has 1 aliphatic rings. The SMILES string of the molecule is C[C]1([Zr]([Cl])([Cl])[Cl])C=CC=P1. The third-order valence-corrected chi connectivity index (χ3v) is 17.9. The monoisotopic (exact) mass is 292 g/mol. The van der Waals surface area contributed by atoms with Crippen LogP contribution >= 0.6 is 33.7 Å². The van der Waals surface area contributed by atoms with Crippen molar-refractivity contribution in [3.63, 3.8) is 0 Å². The van der Waals surface area contributed by atoms with Gasteiger partial charge in [0.25, 0.3) is 0 Å². The molecule has 0 aromatic rings. The molecule has 0 radical (unpaired) electrons. The van der Waals surface area contributed by atoms with Crippen molar-refractivity contribution in [3.05, 3.63) is 12.2 Å². The first-order valence-electron chi connectivity index (χ1n) is 2.75. The second kappa shape index (κ2) is 3.19. The summed E-state index contributed by atoms with van der Waals surface area (Å²) >= 11 is -3.26. The number of allylic oxidation sites excluding steroid dienone is 2. The van der Waals surface area contributed by atoms with E-state index >= 15 is 0 Å². The van der Waals surface area contributed by atoms with Crippen LogP contribution in [0, 0.1) is 0 Å².